The second-order valence-corrected chi connectivity index (χ2v) is 14.1. The van der Waals surface area contributed by atoms with Gasteiger partial charge < -0.3 is 74.5 Å². The highest BCUT2D eigenvalue weighted by Gasteiger charge is 2.33. The van der Waals surface area contributed by atoms with E-state index in [4.69, 9.17) is 17.2 Å². The molecule has 0 saturated heterocycles. The second kappa shape index (κ2) is 25.2. The third kappa shape index (κ3) is 17.9. The summed E-state index contributed by atoms with van der Waals surface area (Å²) >= 11 is 0. The Morgan fingerprint density at radius 1 is 0.698 bits per heavy atom. The average molecular weight is 881 g/mol. The van der Waals surface area contributed by atoms with Gasteiger partial charge in [-0.05, 0) is 42.5 Å². The highest BCUT2D eigenvalue weighted by Crippen LogP contribution is 2.12. The number of carboxylic acid groups (broad SMARTS) is 2. The number of nitrogens with zero attached hydrogens (tertiary/aromatic N) is 2. The summed E-state index contributed by atoms with van der Waals surface area (Å²) in [5.41, 5.74) is 18.5. The molecule has 0 aliphatic carbocycles. The van der Waals surface area contributed by atoms with Gasteiger partial charge in [-0.25, -0.2) is 9.78 Å². The molecule has 63 heavy (non-hydrogen) atoms. The molecule has 17 N–H and O–H groups in total. The second-order valence-electron chi connectivity index (χ2n) is 14.1. The predicted molar refractivity (Wildman–Crippen MR) is 222 cm³/mol. The van der Waals surface area contributed by atoms with Gasteiger partial charge in [0.15, 0.2) is 5.96 Å². The van der Waals surface area contributed by atoms with Crippen molar-refractivity contribution in [1.29, 1.82) is 0 Å². The number of aromatic hydroxyl groups is 1. The number of aromatic amines is 1. The zero-order chi connectivity index (χ0) is 46.5. The Morgan fingerprint density at radius 2 is 1.30 bits per heavy atom. The van der Waals surface area contributed by atoms with Crippen LogP contribution in [-0.2, 0) is 57.6 Å². The van der Waals surface area contributed by atoms with Crippen molar-refractivity contribution in [2.45, 2.75) is 74.8 Å². The van der Waals surface area contributed by atoms with Gasteiger partial charge >= 0.3 is 11.9 Å². The molecule has 0 aliphatic rings. The first-order valence-corrected chi connectivity index (χ1v) is 19.4. The van der Waals surface area contributed by atoms with Crippen LogP contribution < -0.4 is 49.1 Å². The molecule has 1 heterocycles. The number of guanidine groups is 1. The molecule has 2 aromatic carbocycles. The standard InChI is InChI=1S/C39H52N12O12/c40-25(13-21-5-2-1-3-6-21)33(57)48-26(7-4-12-44-39(41)42)35(59)49-27(15-23-17-43-20-46-23)36(60)50-28(16-32(55)56)37(61)51-30(19-52)34(58)45-18-31(54)47-29(38(62)63)14-22-8-10-24(53)11-9-22/h1-3,5-6,8-11,17,20,25-30,52-53H,4,7,12-16,18-19,40H2,(H,43,46)(H,45,58)(H,47,54)(H,48,57)(H,49,59)(H,50,60)(H,51,61)(H,55,56)(H,62,63)(H4,41,42,44)/t25-,26-,27-,28-,29-,30-/m0/s1. The Bertz CT molecular complexity index is 2050. The molecule has 6 amide bonds. The number of carbonyl (C=O) groups is 8. The molecule has 1 aromatic heterocycles. The van der Waals surface area contributed by atoms with Gasteiger partial charge in [-0.1, -0.05) is 42.5 Å². The first-order chi connectivity index (χ1) is 29.9. The number of carbonyl (C=O) groups excluding carboxylic acids is 6. The molecule has 0 saturated carbocycles. The monoisotopic (exact) mass is 880 g/mol. The van der Waals surface area contributed by atoms with E-state index in [0.29, 0.717) is 11.3 Å². The molecule has 3 aromatic rings. The van der Waals surface area contributed by atoms with E-state index in [2.05, 4.69) is 46.9 Å². The lowest BCUT2D eigenvalue weighted by Crippen LogP contribution is -2.60. The fourth-order valence-corrected chi connectivity index (χ4v) is 5.84. The molecule has 3 rings (SSSR count). The zero-order valence-corrected chi connectivity index (χ0v) is 33.9. The summed E-state index contributed by atoms with van der Waals surface area (Å²) in [6.07, 6.45) is 1.45. The molecule has 0 spiro atoms. The van der Waals surface area contributed by atoms with Crippen LogP contribution in [0.4, 0.5) is 0 Å². The maximum Gasteiger partial charge on any atom is 0.326 e. The van der Waals surface area contributed by atoms with Crippen LogP contribution in [0.25, 0.3) is 0 Å². The summed E-state index contributed by atoms with van der Waals surface area (Å²) < 4.78 is 0. The number of amides is 6. The minimum absolute atomic E-state index is 0.0267. The van der Waals surface area contributed by atoms with E-state index in [1.54, 1.807) is 30.3 Å². The van der Waals surface area contributed by atoms with Crippen LogP contribution in [0.5, 0.6) is 5.75 Å². The Balaban J connectivity index is 1.72. The first-order valence-electron chi connectivity index (χ1n) is 19.4. The van der Waals surface area contributed by atoms with Crippen molar-refractivity contribution in [3.05, 3.63) is 83.9 Å². The Labute approximate surface area is 359 Å². The quantitative estimate of drug-likeness (QED) is 0.0206. The number of phenols is 1. The third-order valence-electron chi connectivity index (χ3n) is 9.09. The highest BCUT2D eigenvalue weighted by atomic mass is 16.4. The number of rotatable bonds is 26. The molecule has 0 radical (unpaired) electrons. The number of hydrogen-bond donors (Lipinski definition) is 14. The smallest absolute Gasteiger partial charge is 0.326 e. The van der Waals surface area contributed by atoms with Gasteiger partial charge in [0.25, 0.3) is 0 Å². The summed E-state index contributed by atoms with van der Waals surface area (Å²) in [4.78, 5) is 114. The van der Waals surface area contributed by atoms with Gasteiger partial charge in [0.2, 0.25) is 35.4 Å². The first kappa shape index (κ1) is 49.8. The fraction of sp³-hybridized carbons (Fsp3) is 0.385. The van der Waals surface area contributed by atoms with E-state index in [1.807, 2.05) is 0 Å². The minimum atomic E-state index is -1.90. The SMILES string of the molecule is NC(N)=NCCC[C@H](NC(=O)[C@@H](N)Cc1ccccc1)C(=O)N[C@@H](Cc1cnc[nH]1)C(=O)N[C@@H](CC(=O)O)C(=O)N[C@@H](CO)C(=O)NCC(=O)N[C@@H](Cc1ccc(O)cc1)C(=O)O. The van der Waals surface area contributed by atoms with Crippen molar-refractivity contribution < 1.29 is 58.8 Å². The largest absolute Gasteiger partial charge is 0.508 e. The maximum absolute atomic E-state index is 13.8. The van der Waals surface area contributed by atoms with Crippen LogP contribution in [0, 0.1) is 0 Å². The van der Waals surface area contributed by atoms with E-state index in [-0.39, 0.29) is 50.4 Å². The number of aliphatic imine (C=N–C) groups is 1. The Hall–Kier alpha value is -7.60. The molecule has 340 valence electrons. The summed E-state index contributed by atoms with van der Waals surface area (Å²) in [7, 11) is 0. The number of aliphatic carboxylic acids is 2. The number of nitrogens with two attached hydrogens (primary N) is 3. The van der Waals surface area contributed by atoms with Crippen molar-refractivity contribution in [1.82, 2.24) is 41.9 Å². The van der Waals surface area contributed by atoms with E-state index in [0.717, 1.165) is 5.56 Å². The number of carboxylic acids is 2. The van der Waals surface area contributed by atoms with Gasteiger partial charge in [-0.15, -0.1) is 0 Å². The van der Waals surface area contributed by atoms with Crippen LogP contribution in [0.1, 0.15) is 36.1 Å². The summed E-state index contributed by atoms with van der Waals surface area (Å²) in [5.74, 6) is -9.20. The van der Waals surface area contributed by atoms with Crippen LogP contribution in [0.15, 0.2) is 72.1 Å². The molecular weight excluding hydrogens is 829 g/mol. The summed E-state index contributed by atoms with van der Waals surface area (Å²) in [5, 5.41) is 52.4. The van der Waals surface area contributed by atoms with E-state index < -0.39 is 103 Å². The Morgan fingerprint density at radius 3 is 1.90 bits per heavy atom. The van der Waals surface area contributed by atoms with Crippen molar-refractivity contribution in [2.24, 2.45) is 22.2 Å². The molecular formula is C39H52N12O12. The van der Waals surface area contributed by atoms with Gasteiger partial charge in [-0.2, -0.15) is 0 Å². The summed E-state index contributed by atoms with van der Waals surface area (Å²) in [6.45, 7) is -1.78. The number of phenolic OH excluding ortho intramolecular Hbond substituents is 1. The normalized spacial score (nSPS) is 13.6. The van der Waals surface area contributed by atoms with Crippen molar-refractivity contribution in [3.8, 4) is 5.75 Å². The molecule has 0 aliphatic heterocycles. The third-order valence-corrected chi connectivity index (χ3v) is 9.09. The molecule has 0 unspecified atom stereocenters. The molecule has 0 fully saturated rings. The van der Waals surface area contributed by atoms with E-state index in [9.17, 15) is 58.8 Å². The molecule has 24 heteroatoms. The number of H-pyrrole nitrogens is 1. The van der Waals surface area contributed by atoms with Crippen LogP contribution in [0.3, 0.4) is 0 Å². The number of imidazole rings is 1. The number of hydrogen-bond acceptors (Lipinski definition) is 13. The van der Waals surface area contributed by atoms with Crippen LogP contribution >= 0.6 is 0 Å². The number of aliphatic hydroxyl groups excluding tert-OH is 1. The van der Waals surface area contributed by atoms with E-state index in [1.165, 1.54) is 36.8 Å². The summed E-state index contributed by atoms with van der Waals surface area (Å²) in [6, 6.07) is 5.42. The van der Waals surface area contributed by atoms with Gasteiger partial charge in [0.1, 0.15) is 36.0 Å². The number of benzene rings is 2. The van der Waals surface area contributed by atoms with Crippen LogP contribution in [0.2, 0.25) is 0 Å². The molecule has 0 bridgehead atoms. The number of nitrogens with one attached hydrogen (secondary N) is 7. The van der Waals surface area contributed by atoms with Crippen molar-refractivity contribution >= 4 is 53.3 Å². The highest BCUT2D eigenvalue weighted by molar-refractivity contribution is 5.97. The van der Waals surface area contributed by atoms with E-state index >= 15 is 0 Å². The molecule has 6 atom stereocenters. The number of aromatic nitrogens is 2. The lowest BCUT2D eigenvalue weighted by atomic mass is 10.0. The van der Waals surface area contributed by atoms with Crippen molar-refractivity contribution in [3.63, 3.8) is 0 Å². The van der Waals surface area contributed by atoms with Gasteiger partial charge in [0.05, 0.1) is 31.9 Å². The average Bonchev–Trinajstić information content (AvgIpc) is 3.76. The van der Waals surface area contributed by atoms with Crippen LogP contribution in [-0.4, -0.2) is 140 Å². The Kier molecular flexibility index (Phi) is 19.9. The predicted octanol–water partition coefficient (Wildman–Crippen LogP) is -4.38. The molecule has 24 nitrogen and oxygen atoms in total. The lowest BCUT2D eigenvalue weighted by molar-refractivity contribution is -0.141. The van der Waals surface area contributed by atoms with Gasteiger partial charge in [0, 0.05) is 31.3 Å². The minimum Gasteiger partial charge on any atom is -0.508 e. The fourth-order valence-electron chi connectivity index (χ4n) is 5.84. The maximum atomic E-state index is 13.8. The van der Waals surface area contributed by atoms with Gasteiger partial charge in [-0.3, -0.25) is 38.6 Å². The number of aliphatic hydroxyl groups is 1. The topological polar surface area (TPSA) is 409 Å². The lowest BCUT2D eigenvalue weighted by Gasteiger charge is -2.26. The zero-order valence-electron chi connectivity index (χ0n) is 33.9. The van der Waals surface area contributed by atoms with Crippen molar-refractivity contribution in [2.75, 3.05) is 19.7 Å².